The Morgan fingerprint density at radius 1 is 1.08 bits per heavy atom. The van der Waals surface area contributed by atoms with E-state index in [0.29, 0.717) is 58.3 Å². The van der Waals surface area contributed by atoms with Crippen molar-refractivity contribution in [1.82, 2.24) is 4.57 Å². The average molecular weight is 588 g/mol. The molecule has 38 heavy (non-hydrogen) atoms. The number of hydrogen-bond acceptors (Lipinski definition) is 6. The van der Waals surface area contributed by atoms with Crippen LogP contribution in [0.3, 0.4) is 0 Å². The van der Waals surface area contributed by atoms with Gasteiger partial charge in [-0.15, -0.1) is 0 Å². The molecule has 5 rings (SSSR count). The first kappa shape index (κ1) is 26.5. The summed E-state index contributed by atoms with van der Waals surface area (Å²) in [5.41, 5.74) is 1.88. The van der Waals surface area contributed by atoms with E-state index in [-0.39, 0.29) is 11.7 Å². The summed E-state index contributed by atoms with van der Waals surface area (Å²) in [6, 6.07) is 15.0. The average Bonchev–Trinajstić information content (AvgIpc) is 3.42. The van der Waals surface area contributed by atoms with E-state index in [0.717, 1.165) is 0 Å². The predicted octanol–water partition coefficient (Wildman–Crippen LogP) is 6.41. The van der Waals surface area contributed by atoms with Gasteiger partial charge in [0, 0.05) is 21.7 Å². The molecule has 1 aliphatic heterocycles. The highest BCUT2D eigenvalue weighted by atomic mass is 35.5. The van der Waals surface area contributed by atoms with Crippen LogP contribution in [0.15, 0.2) is 80.1 Å². The molecule has 1 unspecified atom stereocenters. The van der Waals surface area contributed by atoms with Gasteiger partial charge in [0.2, 0.25) is 0 Å². The van der Waals surface area contributed by atoms with Crippen LogP contribution >= 0.6 is 46.1 Å². The number of ether oxygens (including phenoxy) is 1. The van der Waals surface area contributed by atoms with Crippen LogP contribution in [-0.2, 0) is 9.53 Å². The van der Waals surface area contributed by atoms with Crippen LogP contribution in [-0.4, -0.2) is 16.6 Å². The summed E-state index contributed by atoms with van der Waals surface area (Å²) in [7, 11) is 0. The maximum Gasteiger partial charge on any atom is 0.338 e. The molecule has 4 aromatic rings. The van der Waals surface area contributed by atoms with Crippen LogP contribution in [0.1, 0.15) is 38.1 Å². The molecule has 0 amide bonds. The Balaban J connectivity index is 1.63. The van der Waals surface area contributed by atoms with Crippen molar-refractivity contribution in [3.05, 3.63) is 112 Å². The van der Waals surface area contributed by atoms with E-state index < -0.39 is 12.0 Å². The van der Waals surface area contributed by atoms with E-state index >= 15 is 0 Å². The standard InChI is InChI=1S/C28H21Cl3N2O4S/c1-14(2)36-27(35)24-15(3)32-28-33(25(24)16-4-6-17(29)7-5-16)26(34)23(38-28)13-19-9-11-22(37-19)20-10-8-18(30)12-21(20)31/h4-14,25H,1-3H3/b23-13-. The second kappa shape index (κ2) is 10.6. The summed E-state index contributed by atoms with van der Waals surface area (Å²) in [5.74, 6) is 0.486. The Morgan fingerprint density at radius 3 is 2.47 bits per heavy atom. The molecule has 0 fully saturated rings. The number of rotatable bonds is 5. The molecule has 2 aromatic heterocycles. The summed E-state index contributed by atoms with van der Waals surface area (Å²) < 4.78 is 13.4. The van der Waals surface area contributed by atoms with Gasteiger partial charge in [0.25, 0.3) is 5.56 Å². The topological polar surface area (TPSA) is 73.8 Å². The van der Waals surface area contributed by atoms with Crippen LogP contribution < -0.4 is 14.9 Å². The largest absolute Gasteiger partial charge is 0.459 e. The highest BCUT2D eigenvalue weighted by Gasteiger charge is 2.33. The van der Waals surface area contributed by atoms with E-state index in [1.165, 1.54) is 15.9 Å². The molecule has 194 valence electrons. The molecule has 1 atom stereocenters. The van der Waals surface area contributed by atoms with Crippen molar-refractivity contribution in [3.8, 4) is 11.3 Å². The number of aromatic nitrogens is 1. The molecule has 0 saturated carbocycles. The van der Waals surface area contributed by atoms with E-state index in [1.807, 2.05) is 0 Å². The zero-order chi connectivity index (χ0) is 27.1. The van der Waals surface area contributed by atoms with E-state index in [2.05, 4.69) is 4.99 Å². The Hall–Kier alpha value is -3.10. The van der Waals surface area contributed by atoms with Gasteiger partial charge in [-0.25, -0.2) is 9.79 Å². The SMILES string of the molecule is CC1=C(C(=O)OC(C)C)C(c2ccc(Cl)cc2)n2c(s/c(=C\c3ccc(-c4ccc(Cl)cc4Cl)o3)c2=O)=N1. The number of nitrogens with zero attached hydrogens (tertiary/aromatic N) is 2. The first-order valence-electron chi connectivity index (χ1n) is 11.7. The Kier molecular flexibility index (Phi) is 7.38. The monoisotopic (exact) mass is 586 g/mol. The lowest BCUT2D eigenvalue weighted by atomic mass is 9.96. The number of fused-ring (bicyclic) bond motifs is 1. The third kappa shape index (κ3) is 5.12. The maximum atomic E-state index is 13.7. The Bertz CT molecular complexity index is 1760. The van der Waals surface area contributed by atoms with Crippen LogP contribution in [0, 0.1) is 0 Å². The predicted molar refractivity (Wildman–Crippen MR) is 151 cm³/mol. The molecule has 10 heteroatoms. The number of halogens is 3. The van der Waals surface area contributed by atoms with Gasteiger partial charge >= 0.3 is 5.97 Å². The Morgan fingerprint density at radius 2 is 1.79 bits per heavy atom. The van der Waals surface area contributed by atoms with Gasteiger partial charge in [0.15, 0.2) is 4.80 Å². The zero-order valence-corrected chi connectivity index (χ0v) is 23.6. The van der Waals surface area contributed by atoms with Crippen molar-refractivity contribution < 1.29 is 13.9 Å². The van der Waals surface area contributed by atoms with Gasteiger partial charge in [-0.05, 0) is 68.8 Å². The lowest BCUT2D eigenvalue weighted by Gasteiger charge is -2.25. The molecule has 2 aromatic carbocycles. The van der Waals surface area contributed by atoms with E-state index in [4.69, 9.17) is 44.0 Å². The molecule has 6 nitrogen and oxygen atoms in total. The highest BCUT2D eigenvalue weighted by molar-refractivity contribution is 7.07. The van der Waals surface area contributed by atoms with Crippen molar-refractivity contribution in [2.45, 2.75) is 32.9 Å². The maximum absolute atomic E-state index is 13.7. The van der Waals surface area contributed by atoms with Gasteiger partial charge in [-0.3, -0.25) is 9.36 Å². The number of benzene rings is 2. The van der Waals surface area contributed by atoms with Crippen LogP contribution in [0.25, 0.3) is 17.4 Å². The first-order valence-corrected chi connectivity index (χ1v) is 13.6. The number of allylic oxidation sites excluding steroid dienone is 1. The summed E-state index contributed by atoms with van der Waals surface area (Å²) in [6.45, 7) is 5.29. The molecular weight excluding hydrogens is 567 g/mol. The second-order valence-electron chi connectivity index (χ2n) is 8.91. The van der Waals surface area contributed by atoms with Crippen LogP contribution in [0.4, 0.5) is 0 Å². The van der Waals surface area contributed by atoms with E-state index in [1.54, 1.807) is 81.4 Å². The number of carbonyl (C=O) groups is 1. The molecule has 0 spiro atoms. The molecule has 0 N–H and O–H groups in total. The van der Waals surface area contributed by atoms with Gasteiger partial charge in [0.05, 0.1) is 33.0 Å². The van der Waals surface area contributed by atoms with Gasteiger partial charge < -0.3 is 9.15 Å². The van der Waals surface area contributed by atoms with Gasteiger partial charge in [0.1, 0.15) is 11.5 Å². The quantitative estimate of drug-likeness (QED) is 0.253. The van der Waals surface area contributed by atoms with Crippen molar-refractivity contribution in [3.63, 3.8) is 0 Å². The normalized spacial score (nSPS) is 15.6. The summed E-state index contributed by atoms with van der Waals surface area (Å²) in [4.78, 5) is 32.0. The first-order chi connectivity index (χ1) is 18.1. The highest BCUT2D eigenvalue weighted by Crippen LogP contribution is 2.33. The number of carbonyl (C=O) groups excluding carboxylic acids is 1. The van der Waals surface area contributed by atoms with Crippen LogP contribution in [0.2, 0.25) is 15.1 Å². The number of esters is 1. The minimum absolute atomic E-state index is 0.303. The van der Waals surface area contributed by atoms with Crippen LogP contribution in [0.5, 0.6) is 0 Å². The molecule has 1 aliphatic rings. The van der Waals surface area contributed by atoms with Crippen molar-refractivity contribution in [2.75, 3.05) is 0 Å². The smallest absolute Gasteiger partial charge is 0.338 e. The van der Waals surface area contributed by atoms with Crippen molar-refractivity contribution in [2.24, 2.45) is 4.99 Å². The summed E-state index contributed by atoms with van der Waals surface area (Å²) >= 11 is 19.7. The third-order valence-electron chi connectivity index (χ3n) is 5.87. The molecular formula is C28H21Cl3N2O4S. The fourth-order valence-electron chi connectivity index (χ4n) is 4.21. The number of thiazole rings is 1. The minimum atomic E-state index is -0.725. The second-order valence-corrected chi connectivity index (χ2v) is 11.2. The molecule has 0 radical (unpaired) electrons. The fraction of sp³-hybridized carbons (Fsp3) is 0.179. The molecule has 3 heterocycles. The molecule has 0 aliphatic carbocycles. The number of hydrogen-bond donors (Lipinski definition) is 0. The minimum Gasteiger partial charge on any atom is -0.459 e. The van der Waals surface area contributed by atoms with Gasteiger partial charge in [-0.1, -0.05) is 58.3 Å². The van der Waals surface area contributed by atoms with Gasteiger partial charge in [-0.2, -0.15) is 0 Å². The third-order valence-corrected chi connectivity index (χ3v) is 7.65. The molecule has 0 saturated heterocycles. The lowest BCUT2D eigenvalue weighted by molar-refractivity contribution is -0.143. The summed E-state index contributed by atoms with van der Waals surface area (Å²) in [5, 5.41) is 1.52. The molecule has 0 bridgehead atoms. The van der Waals surface area contributed by atoms with Crippen molar-refractivity contribution >= 4 is 58.2 Å². The Labute approximate surface area is 237 Å². The fourth-order valence-corrected chi connectivity index (χ4v) is 5.87. The lowest BCUT2D eigenvalue weighted by Crippen LogP contribution is -2.40. The summed E-state index contributed by atoms with van der Waals surface area (Å²) in [6.07, 6.45) is 1.32. The van der Waals surface area contributed by atoms with Crippen molar-refractivity contribution in [1.29, 1.82) is 0 Å². The van der Waals surface area contributed by atoms with E-state index in [9.17, 15) is 9.59 Å². The number of furan rings is 1. The zero-order valence-electron chi connectivity index (χ0n) is 20.5.